The molecule has 110 valence electrons. The van der Waals surface area contributed by atoms with Crippen LogP contribution in [-0.4, -0.2) is 18.6 Å². The molecule has 1 heterocycles. The molecule has 0 atom stereocenters. The van der Waals surface area contributed by atoms with Crippen LogP contribution in [0.2, 0.25) is 0 Å². The van der Waals surface area contributed by atoms with Gasteiger partial charge in [0.1, 0.15) is 0 Å². The van der Waals surface area contributed by atoms with Crippen molar-refractivity contribution in [3.63, 3.8) is 0 Å². The van der Waals surface area contributed by atoms with Crippen molar-refractivity contribution < 1.29 is 0 Å². The highest BCUT2D eigenvalue weighted by Crippen LogP contribution is 2.38. The number of benzene rings is 1. The zero-order chi connectivity index (χ0) is 13.8. The Morgan fingerprint density at radius 2 is 1.70 bits per heavy atom. The van der Waals surface area contributed by atoms with Crippen LogP contribution >= 0.6 is 0 Å². The second kappa shape index (κ2) is 6.17. The van der Waals surface area contributed by atoms with Gasteiger partial charge in [-0.2, -0.15) is 0 Å². The molecule has 0 radical (unpaired) electrons. The summed E-state index contributed by atoms with van der Waals surface area (Å²) in [6.45, 7) is 2.00. The van der Waals surface area contributed by atoms with E-state index in [0.717, 1.165) is 6.54 Å². The maximum Gasteiger partial charge on any atom is 0.0524 e. The molecule has 0 saturated heterocycles. The monoisotopic (exact) mass is 272 g/mol. The smallest absolute Gasteiger partial charge is 0.0524 e. The van der Waals surface area contributed by atoms with Gasteiger partial charge in [0, 0.05) is 18.8 Å². The number of para-hydroxylation sites is 1. The summed E-state index contributed by atoms with van der Waals surface area (Å²) in [7, 11) is 0. The molecule has 0 spiro atoms. The second-order valence-corrected chi connectivity index (χ2v) is 6.58. The fourth-order valence-electron chi connectivity index (χ4n) is 4.15. The van der Waals surface area contributed by atoms with E-state index in [1.54, 1.807) is 0 Å². The Morgan fingerprint density at radius 3 is 2.45 bits per heavy atom. The molecule has 0 unspecified atom stereocenters. The van der Waals surface area contributed by atoms with Crippen LogP contribution in [0.5, 0.6) is 0 Å². The van der Waals surface area contributed by atoms with Gasteiger partial charge in [-0.25, -0.2) is 0 Å². The minimum Gasteiger partial charge on any atom is -0.364 e. The first-order chi connectivity index (χ1) is 9.86. The summed E-state index contributed by atoms with van der Waals surface area (Å²) < 4.78 is 0. The molecule has 0 amide bonds. The van der Waals surface area contributed by atoms with E-state index in [9.17, 15) is 0 Å². The van der Waals surface area contributed by atoms with Crippen LogP contribution in [0, 0.1) is 0 Å². The zero-order valence-electron chi connectivity index (χ0n) is 12.6. The summed E-state index contributed by atoms with van der Waals surface area (Å²) in [5.41, 5.74) is 9.52. The van der Waals surface area contributed by atoms with E-state index in [2.05, 4.69) is 29.2 Å². The SMILES string of the molecule is NCC1(N2CCCCc3ccccc32)CCCCCC1. The van der Waals surface area contributed by atoms with E-state index in [-0.39, 0.29) is 5.54 Å². The molecule has 2 aliphatic rings. The van der Waals surface area contributed by atoms with Crippen molar-refractivity contribution in [2.24, 2.45) is 5.73 Å². The molecule has 1 aromatic rings. The van der Waals surface area contributed by atoms with E-state index in [1.807, 2.05) is 0 Å². The van der Waals surface area contributed by atoms with Gasteiger partial charge in [-0.15, -0.1) is 0 Å². The summed E-state index contributed by atoms with van der Waals surface area (Å²) in [6, 6.07) is 9.01. The van der Waals surface area contributed by atoms with Crippen molar-refractivity contribution in [2.75, 3.05) is 18.0 Å². The molecule has 3 rings (SSSR count). The highest BCUT2D eigenvalue weighted by molar-refractivity contribution is 5.56. The number of hydrogen-bond acceptors (Lipinski definition) is 2. The lowest BCUT2D eigenvalue weighted by Gasteiger charge is -2.45. The highest BCUT2D eigenvalue weighted by Gasteiger charge is 2.37. The number of anilines is 1. The van der Waals surface area contributed by atoms with Crippen LogP contribution in [0.15, 0.2) is 24.3 Å². The molecule has 1 saturated carbocycles. The van der Waals surface area contributed by atoms with Crippen LogP contribution in [0.25, 0.3) is 0 Å². The van der Waals surface area contributed by atoms with Crippen molar-refractivity contribution >= 4 is 5.69 Å². The lowest BCUT2D eigenvalue weighted by Crippen LogP contribution is -2.54. The largest absolute Gasteiger partial charge is 0.364 e. The van der Waals surface area contributed by atoms with Gasteiger partial charge in [0.25, 0.3) is 0 Å². The first-order valence-corrected chi connectivity index (χ1v) is 8.41. The fraction of sp³-hybridized carbons (Fsp3) is 0.667. The van der Waals surface area contributed by atoms with E-state index >= 15 is 0 Å². The lowest BCUT2D eigenvalue weighted by atomic mass is 9.87. The normalized spacial score (nSPS) is 22.8. The number of hydrogen-bond donors (Lipinski definition) is 1. The van der Waals surface area contributed by atoms with Gasteiger partial charge in [0.05, 0.1) is 5.54 Å². The van der Waals surface area contributed by atoms with Crippen LogP contribution in [0.1, 0.15) is 56.9 Å². The summed E-state index contributed by atoms with van der Waals surface area (Å²) in [6.07, 6.45) is 11.9. The Morgan fingerprint density at radius 1 is 0.950 bits per heavy atom. The Labute approximate surface area is 123 Å². The number of fused-ring (bicyclic) bond motifs is 1. The summed E-state index contributed by atoms with van der Waals surface area (Å²) in [5.74, 6) is 0. The van der Waals surface area contributed by atoms with Gasteiger partial charge in [0.15, 0.2) is 0 Å². The third-order valence-corrected chi connectivity index (χ3v) is 5.35. The fourth-order valence-corrected chi connectivity index (χ4v) is 4.15. The molecule has 1 fully saturated rings. The number of rotatable bonds is 2. The van der Waals surface area contributed by atoms with Crippen molar-refractivity contribution in [2.45, 2.75) is 63.3 Å². The topological polar surface area (TPSA) is 29.3 Å². The van der Waals surface area contributed by atoms with Crippen molar-refractivity contribution in [1.29, 1.82) is 0 Å². The van der Waals surface area contributed by atoms with E-state index in [0.29, 0.717) is 0 Å². The van der Waals surface area contributed by atoms with Crippen molar-refractivity contribution in [1.82, 2.24) is 0 Å². The Hall–Kier alpha value is -1.02. The van der Waals surface area contributed by atoms with Crippen LogP contribution in [0.3, 0.4) is 0 Å². The zero-order valence-corrected chi connectivity index (χ0v) is 12.6. The summed E-state index contributed by atoms with van der Waals surface area (Å²) >= 11 is 0. The van der Waals surface area contributed by atoms with Crippen molar-refractivity contribution in [3.05, 3.63) is 29.8 Å². The van der Waals surface area contributed by atoms with Crippen LogP contribution in [-0.2, 0) is 6.42 Å². The number of nitrogens with two attached hydrogens (primary N) is 1. The molecule has 0 bridgehead atoms. The van der Waals surface area contributed by atoms with Gasteiger partial charge in [-0.05, 0) is 43.7 Å². The van der Waals surface area contributed by atoms with E-state index in [4.69, 9.17) is 5.73 Å². The summed E-state index contributed by atoms with van der Waals surface area (Å²) in [4.78, 5) is 2.70. The highest BCUT2D eigenvalue weighted by atomic mass is 15.2. The molecular formula is C18H28N2. The minimum atomic E-state index is 0.219. The predicted octanol–water partition coefficient (Wildman–Crippen LogP) is 3.88. The molecule has 20 heavy (non-hydrogen) atoms. The standard InChI is InChI=1S/C18H28N2/c19-15-18(12-6-1-2-7-13-18)20-14-8-5-10-16-9-3-4-11-17(16)20/h3-4,9,11H,1-2,5-8,10,12-15,19H2. The van der Waals surface area contributed by atoms with Gasteiger partial charge in [-0.1, -0.05) is 43.9 Å². The van der Waals surface area contributed by atoms with Crippen LogP contribution < -0.4 is 10.6 Å². The predicted molar refractivity (Wildman–Crippen MR) is 86.2 cm³/mol. The van der Waals surface area contributed by atoms with E-state index in [1.165, 1.54) is 75.6 Å². The minimum absolute atomic E-state index is 0.219. The first kappa shape index (κ1) is 13.9. The second-order valence-electron chi connectivity index (χ2n) is 6.58. The Bertz CT molecular complexity index is 433. The Kier molecular flexibility index (Phi) is 4.30. The number of nitrogens with zero attached hydrogens (tertiary/aromatic N) is 1. The third-order valence-electron chi connectivity index (χ3n) is 5.35. The van der Waals surface area contributed by atoms with Gasteiger partial charge in [0.2, 0.25) is 0 Å². The molecular weight excluding hydrogens is 244 g/mol. The van der Waals surface area contributed by atoms with Gasteiger partial charge in [-0.3, -0.25) is 0 Å². The molecule has 2 heteroatoms. The average molecular weight is 272 g/mol. The first-order valence-electron chi connectivity index (χ1n) is 8.41. The molecule has 1 aliphatic carbocycles. The quantitative estimate of drug-likeness (QED) is 0.828. The van der Waals surface area contributed by atoms with Gasteiger partial charge < -0.3 is 10.6 Å². The van der Waals surface area contributed by atoms with Gasteiger partial charge >= 0.3 is 0 Å². The molecule has 1 aromatic carbocycles. The van der Waals surface area contributed by atoms with Crippen LogP contribution in [0.4, 0.5) is 5.69 Å². The molecule has 1 aliphatic heterocycles. The van der Waals surface area contributed by atoms with E-state index < -0.39 is 0 Å². The maximum atomic E-state index is 6.31. The third kappa shape index (κ3) is 2.58. The molecule has 2 nitrogen and oxygen atoms in total. The molecule has 2 N–H and O–H groups in total. The Balaban J connectivity index is 1.97. The number of aryl methyl sites for hydroxylation is 1. The average Bonchev–Trinajstić information content (AvgIpc) is 2.86. The summed E-state index contributed by atoms with van der Waals surface area (Å²) in [5, 5.41) is 0. The lowest BCUT2D eigenvalue weighted by molar-refractivity contribution is 0.345. The maximum absolute atomic E-state index is 6.31. The van der Waals surface area contributed by atoms with Crippen molar-refractivity contribution in [3.8, 4) is 0 Å². The molecule has 0 aromatic heterocycles.